The predicted molar refractivity (Wildman–Crippen MR) is 142 cm³/mol. The van der Waals surface area contributed by atoms with Gasteiger partial charge in [-0.3, -0.25) is 4.79 Å². The lowest BCUT2D eigenvalue weighted by Gasteiger charge is -2.14. The Hall–Kier alpha value is -3.81. The number of fused-ring (bicyclic) bond motifs is 1. The van der Waals surface area contributed by atoms with E-state index in [9.17, 15) is 9.90 Å². The van der Waals surface area contributed by atoms with E-state index in [1.54, 1.807) is 4.68 Å². The van der Waals surface area contributed by atoms with E-state index in [1.807, 2.05) is 37.4 Å². The molecule has 0 bridgehead atoms. The van der Waals surface area contributed by atoms with Crippen LogP contribution in [0.4, 0.5) is 11.5 Å². The number of carbonyl (C=O) groups is 1. The first-order valence-corrected chi connectivity index (χ1v) is 12.4. The summed E-state index contributed by atoms with van der Waals surface area (Å²) in [6, 6.07) is 5.56. The molecule has 4 rings (SSSR count). The number of nitrogen functional groups attached to an aromatic ring is 1. The summed E-state index contributed by atoms with van der Waals surface area (Å²) in [7, 11) is 0. The second kappa shape index (κ2) is 10.0. The molecule has 4 aromatic rings. The molecule has 0 saturated heterocycles. The Morgan fingerprint density at radius 2 is 2.06 bits per heavy atom. The zero-order valence-electron chi connectivity index (χ0n) is 21.0. The van der Waals surface area contributed by atoms with Crippen LogP contribution in [0.5, 0.6) is 0 Å². The number of aliphatic hydroxyl groups excluding tert-OH is 1. The van der Waals surface area contributed by atoms with Gasteiger partial charge in [0.25, 0.3) is 5.91 Å². The van der Waals surface area contributed by atoms with Crippen molar-refractivity contribution in [2.75, 3.05) is 17.7 Å². The van der Waals surface area contributed by atoms with Gasteiger partial charge in [-0.1, -0.05) is 39.7 Å². The Kier molecular flexibility index (Phi) is 7.06. The molecule has 36 heavy (non-hydrogen) atoms. The Morgan fingerprint density at radius 3 is 2.75 bits per heavy atom. The quantitative estimate of drug-likeness (QED) is 0.353. The number of aromatic nitrogens is 5. The van der Waals surface area contributed by atoms with E-state index in [-0.39, 0.29) is 23.8 Å². The van der Waals surface area contributed by atoms with Gasteiger partial charge in [0.05, 0.1) is 11.1 Å². The van der Waals surface area contributed by atoms with Gasteiger partial charge in [0.1, 0.15) is 17.8 Å². The van der Waals surface area contributed by atoms with Gasteiger partial charge < -0.3 is 16.2 Å². The monoisotopic (exact) mass is 503 g/mol. The summed E-state index contributed by atoms with van der Waals surface area (Å²) in [5.74, 6) is 6.28. The van der Waals surface area contributed by atoms with E-state index in [4.69, 9.17) is 5.73 Å². The van der Waals surface area contributed by atoms with Crippen molar-refractivity contribution in [1.82, 2.24) is 24.7 Å². The van der Waals surface area contributed by atoms with Crippen LogP contribution < -0.4 is 11.1 Å². The topological polar surface area (TPSA) is 132 Å². The summed E-state index contributed by atoms with van der Waals surface area (Å²) in [5, 5.41) is 19.9. The Bertz CT molecular complexity index is 1490. The van der Waals surface area contributed by atoms with E-state index in [0.717, 1.165) is 16.8 Å². The zero-order chi connectivity index (χ0) is 26.0. The molecule has 0 aliphatic rings. The molecule has 0 spiro atoms. The average Bonchev–Trinajstić information content (AvgIpc) is 3.46. The number of anilines is 2. The van der Waals surface area contributed by atoms with Crippen molar-refractivity contribution in [3.63, 3.8) is 0 Å². The van der Waals surface area contributed by atoms with Crippen molar-refractivity contribution >= 4 is 39.8 Å². The number of aliphatic hydroxyl groups is 1. The highest BCUT2D eigenvalue weighted by atomic mass is 32.1. The van der Waals surface area contributed by atoms with Crippen LogP contribution in [0.2, 0.25) is 0 Å². The van der Waals surface area contributed by atoms with E-state index in [1.165, 1.54) is 17.7 Å². The van der Waals surface area contributed by atoms with Crippen LogP contribution in [-0.4, -0.2) is 42.4 Å². The van der Waals surface area contributed by atoms with Crippen LogP contribution in [0.25, 0.3) is 11.0 Å². The van der Waals surface area contributed by atoms with E-state index in [2.05, 4.69) is 58.0 Å². The maximum absolute atomic E-state index is 12.8. The zero-order valence-corrected chi connectivity index (χ0v) is 21.8. The summed E-state index contributed by atoms with van der Waals surface area (Å²) < 4.78 is 1.70. The maximum atomic E-state index is 12.8. The third kappa shape index (κ3) is 5.37. The number of aryl methyl sites for hydroxylation is 1. The Balaban J connectivity index is 1.63. The molecular weight excluding hydrogens is 474 g/mol. The summed E-state index contributed by atoms with van der Waals surface area (Å²) in [6.45, 7) is 10.6. The predicted octanol–water partition coefficient (Wildman–Crippen LogP) is 3.75. The first kappa shape index (κ1) is 25.3. The minimum Gasteiger partial charge on any atom is -0.396 e. The SMILES string of the molecule is Cc1ccc(NC(=O)c2nc(C(C)(C)C)cs2)cc1C#Cc1nn(C[C@@H](C)CO)c2ncnc(N)c12. The van der Waals surface area contributed by atoms with Crippen LogP contribution >= 0.6 is 11.3 Å². The third-order valence-electron chi connectivity index (χ3n) is 5.63. The second-order valence-electron chi connectivity index (χ2n) is 9.80. The Labute approximate surface area is 213 Å². The minimum absolute atomic E-state index is 0.00931. The lowest BCUT2D eigenvalue weighted by atomic mass is 9.93. The molecule has 3 aromatic heterocycles. The van der Waals surface area contributed by atoms with Crippen LogP contribution in [0.15, 0.2) is 29.9 Å². The van der Waals surface area contributed by atoms with Crippen molar-refractivity contribution in [2.24, 2.45) is 5.92 Å². The third-order valence-corrected chi connectivity index (χ3v) is 6.47. The molecule has 186 valence electrons. The molecule has 0 unspecified atom stereocenters. The molecule has 1 atom stereocenters. The molecule has 4 N–H and O–H groups in total. The van der Waals surface area contributed by atoms with E-state index >= 15 is 0 Å². The van der Waals surface area contributed by atoms with Crippen molar-refractivity contribution in [2.45, 2.75) is 46.6 Å². The van der Waals surface area contributed by atoms with Gasteiger partial charge in [0.15, 0.2) is 10.7 Å². The molecule has 3 heterocycles. The van der Waals surface area contributed by atoms with Crippen molar-refractivity contribution < 1.29 is 9.90 Å². The highest BCUT2D eigenvalue weighted by Gasteiger charge is 2.20. The number of carbonyl (C=O) groups excluding carboxylic acids is 1. The summed E-state index contributed by atoms with van der Waals surface area (Å²) >= 11 is 1.33. The van der Waals surface area contributed by atoms with Gasteiger partial charge in [0, 0.05) is 35.2 Å². The van der Waals surface area contributed by atoms with Gasteiger partial charge >= 0.3 is 0 Å². The van der Waals surface area contributed by atoms with E-state index in [0.29, 0.717) is 39.8 Å². The number of benzene rings is 1. The number of nitrogens with two attached hydrogens (primary N) is 1. The largest absolute Gasteiger partial charge is 0.396 e. The minimum atomic E-state index is -0.258. The van der Waals surface area contributed by atoms with Gasteiger partial charge in [0.2, 0.25) is 0 Å². The van der Waals surface area contributed by atoms with Gasteiger partial charge in [-0.2, -0.15) is 5.10 Å². The van der Waals surface area contributed by atoms with Crippen LogP contribution in [0.1, 0.15) is 60.0 Å². The number of rotatable bonds is 5. The molecular formula is C26H29N7O2S. The lowest BCUT2D eigenvalue weighted by Crippen LogP contribution is -2.15. The molecule has 0 radical (unpaired) electrons. The highest BCUT2D eigenvalue weighted by molar-refractivity contribution is 7.11. The fourth-order valence-corrected chi connectivity index (χ4v) is 4.40. The van der Waals surface area contributed by atoms with E-state index < -0.39 is 0 Å². The van der Waals surface area contributed by atoms with Crippen molar-refractivity contribution in [3.05, 3.63) is 57.4 Å². The summed E-state index contributed by atoms with van der Waals surface area (Å²) in [5.41, 5.74) is 10.2. The normalized spacial score (nSPS) is 12.3. The molecule has 0 aliphatic carbocycles. The number of hydrogen-bond acceptors (Lipinski definition) is 8. The number of nitrogens with one attached hydrogen (secondary N) is 1. The van der Waals surface area contributed by atoms with Crippen molar-refractivity contribution in [3.8, 4) is 11.8 Å². The molecule has 0 fully saturated rings. The summed E-state index contributed by atoms with van der Waals surface area (Å²) in [6.07, 6.45) is 1.39. The standard InChI is InChI=1S/C26H29N7O2S/c1-15(12-34)11-33-23-21(22(27)28-14-29-23)19(32-33)9-7-17-10-18(8-6-16(17)2)30-24(35)25-31-20(13-36-25)26(3,4)5/h6,8,10,13-15,34H,11-12H2,1-5H3,(H,30,35)(H2,27,28,29)/t15-/m1/s1. The molecule has 9 nitrogen and oxygen atoms in total. The van der Waals surface area contributed by atoms with Crippen LogP contribution in [-0.2, 0) is 12.0 Å². The van der Waals surface area contributed by atoms with Gasteiger partial charge in [-0.15, -0.1) is 11.3 Å². The van der Waals surface area contributed by atoms with Gasteiger partial charge in [-0.05, 0) is 36.5 Å². The lowest BCUT2D eigenvalue weighted by molar-refractivity contribution is 0.102. The fraction of sp³-hybridized carbons (Fsp3) is 0.346. The van der Waals surface area contributed by atoms with Crippen LogP contribution in [0.3, 0.4) is 0 Å². The number of nitrogens with zero attached hydrogens (tertiary/aromatic N) is 5. The Morgan fingerprint density at radius 1 is 1.28 bits per heavy atom. The number of amides is 1. The first-order valence-electron chi connectivity index (χ1n) is 11.5. The van der Waals surface area contributed by atoms with Crippen molar-refractivity contribution in [1.29, 1.82) is 0 Å². The molecule has 10 heteroatoms. The maximum Gasteiger partial charge on any atom is 0.284 e. The molecule has 0 saturated carbocycles. The van der Waals surface area contributed by atoms with Crippen LogP contribution in [0, 0.1) is 24.7 Å². The molecule has 0 aliphatic heterocycles. The first-order chi connectivity index (χ1) is 17.1. The second-order valence-corrected chi connectivity index (χ2v) is 10.7. The fourth-order valence-electron chi connectivity index (χ4n) is 3.47. The molecule has 1 aromatic carbocycles. The number of hydrogen-bond donors (Lipinski definition) is 3. The summed E-state index contributed by atoms with van der Waals surface area (Å²) in [4.78, 5) is 25.7. The highest BCUT2D eigenvalue weighted by Crippen LogP contribution is 2.25. The van der Waals surface area contributed by atoms with Gasteiger partial charge in [-0.25, -0.2) is 19.6 Å². The number of thiazole rings is 1. The average molecular weight is 504 g/mol. The smallest absolute Gasteiger partial charge is 0.284 e. The molecule has 1 amide bonds.